The van der Waals surface area contributed by atoms with Crippen molar-refractivity contribution in [3.63, 3.8) is 0 Å². The van der Waals surface area contributed by atoms with Gasteiger partial charge in [-0.25, -0.2) is 13.1 Å². The second-order valence-electron chi connectivity index (χ2n) is 4.20. The Bertz CT molecular complexity index is 520. The molecule has 0 saturated heterocycles. The van der Waals surface area contributed by atoms with Gasteiger partial charge in [-0.1, -0.05) is 18.5 Å². The van der Waals surface area contributed by atoms with Crippen molar-refractivity contribution in [1.82, 2.24) is 4.72 Å². The van der Waals surface area contributed by atoms with Crippen molar-refractivity contribution in [2.75, 3.05) is 17.2 Å². The third-order valence-electron chi connectivity index (χ3n) is 2.50. The van der Waals surface area contributed by atoms with Crippen LogP contribution in [0.15, 0.2) is 23.1 Å². The normalized spacial score (nSPS) is 13.4. The summed E-state index contributed by atoms with van der Waals surface area (Å²) >= 11 is 7.71. The number of nitrogens with one attached hydrogen (secondary N) is 1. The van der Waals surface area contributed by atoms with Gasteiger partial charge in [0.2, 0.25) is 10.0 Å². The minimum Gasteiger partial charge on any atom is -0.399 e. The molecule has 4 nitrogen and oxygen atoms in total. The molecule has 1 aromatic carbocycles. The number of nitrogens with two attached hydrogens (primary N) is 1. The molecule has 0 bridgehead atoms. The summed E-state index contributed by atoms with van der Waals surface area (Å²) in [5.74, 6) is 1.96. The lowest BCUT2D eigenvalue weighted by Gasteiger charge is -2.14. The predicted octanol–water partition coefficient (Wildman–Crippen LogP) is 2.73. The van der Waals surface area contributed by atoms with E-state index in [-0.39, 0.29) is 16.0 Å². The number of nitrogen functional groups attached to an aromatic ring is 1. The van der Waals surface area contributed by atoms with E-state index < -0.39 is 10.0 Å². The maximum Gasteiger partial charge on any atom is 0.242 e. The van der Waals surface area contributed by atoms with Crippen LogP contribution in [-0.4, -0.2) is 26.0 Å². The Balaban J connectivity index is 2.75. The predicted molar refractivity (Wildman–Crippen MR) is 83.3 cm³/mol. The van der Waals surface area contributed by atoms with Gasteiger partial charge < -0.3 is 5.73 Å². The molecular weight excluding hydrogens is 304 g/mol. The third-order valence-corrected chi connectivity index (χ3v) is 5.51. The van der Waals surface area contributed by atoms with E-state index in [1.54, 1.807) is 11.8 Å². The summed E-state index contributed by atoms with van der Waals surface area (Å²) in [6.07, 6.45) is 0.782. The molecule has 0 aliphatic rings. The van der Waals surface area contributed by atoms with Crippen LogP contribution < -0.4 is 10.5 Å². The zero-order chi connectivity index (χ0) is 14.5. The van der Waals surface area contributed by atoms with Crippen LogP contribution in [0.3, 0.4) is 0 Å². The summed E-state index contributed by atoms with van der Waals surface area (Å²) in [6, 6.07) is 4.26. The van der Waals surface area contributed by atoms with Crippen LogP contribution in [0.4, 0.5) is 5.69 Å². The number of hydrogen-bond donors (Lipinski definition) is 2. The van der Waals surface area contributed by atoms with Gasteiger partial charge in [0, 0.05) is 11.7 Å². The highest BCUT2D eigenvalue weighted by Crippen LogP contribution is 2.23. The van der Waals surface area contributed by atoms with Crippen LogP contribution in [0.5, 0.6) is 0 Å². The first-order valence-electron chi connectivity index (χ1n) is 6.02. The number of sulfonamides is 1. The van der Waals surface area contributed by atoms with E-state index in [1.807, 2.05) is 6.92 Å². The standard InChI is InChI=1S/C12H19ClN2O2S2/c1-3-18-7-6-9(2)15-19(16,17)12-5-4-10(14)8-11(12)13/h4-5,8-9,15H,3,6-7,14H2,1-2H3. The molecule has 3 N–H and O–H groups in total. The van der Waals surface area contributed by atoms with E-state index in [9.17, 15) is 8.42 Å². The van der Waals surface area contributed by atoms with Crippen molar-refractivity contribution >= 4 is 39.1 Å². The Hall–Kier alpha value is -0.430. The fourth-order valence-corrected chi connectivity index (χ4v) is 4.17. The van der Waals surface area contributed by atoms with Gasteiger partial charge in [0.25, 0.3) is 0 Å². The molecule has 0 saturated carbocycles. The van der Waals surface area contributed by atoms with Gasteiger partial charge in [-0.15, -0.1) is 0 Å². The van der Waals surface area contributed by atoms with Crippen molar-refractivity contribution in [3.05, 3.63) is 23.2 Å². The Morgan fingerprint density at radius 3 is 2.74 bits per heavy atom. The van der Waals surface area contributed by atoms with Crippen molar-refractivity contribution in [1.29, 1.82) is 0 Å². The second kappa shape index (κ2) is 7.38. The molecule has 19 heavy (non-hydrogen) atoms. The fourth-order valence-electron chi connectivity index (χ4n) is 1.53. The molecule has 0 heterocycles. The molecular formula is C12H19ClN2O2S2. The van der Waals surface area contributed by atoms with Crippen LogP contribution in [0.1, 0.15) is 20.3 Å². The lowest BCUT2D eigenvalue weighted by Crippen LogP contribution is -2.33. The van der Waals surface area contributed by atoms with E-state index in [2.05, 4.69) is 11.6 Å². The first-order valence-corrected chi connectivity index (χ1v) is 9.03. The summed E-state index contributed by atoms with van der Waals surface area (Å²) in [5.41, 5.74) is 5.99. The molecule has 7 heteroatoms. The Labute approximate surface area is 124 Å². The van der Waals surface area contributed by atoms with E-state index in [4.69, 9.17) is 17.3 Å². The van der Waals surface area contributed by atoms with Crippen LogP contribution in [0.2, 0.25) is 5.02 Å². The van der Waals surface area contributed by atoms with Gasteiger partial charge in [0.15, 0.2) is 0 Å². The minimum atomic E-state index is -3.59. The Morgan fingerprint density at radius 1 is 1.47 bits per heavy atom. The second-order valence-corrected chi connectivity index (χ2v) is 7.68. The Kier molecular flexibility index (Phi) is 6.46. The maximum atomic E-state index is 12.2. The zero-order valence-electron chi connectivity index (χ0n) is 11.0. The van der Waals surface area contributed by atoms with Crippen molar-refractivity contribution < 1.29 is 8.42 Å². The summed E-state index contributed by atoms with van der Waals surface area (Å²) in [7, 11) is -3.59. The van der Waals surface area contributed by atoms with Crippen LogP contribution in [0.25, 0.3) is 0 Å². The topological polar surface area (TPSA) is 72.2 Å². The molecule has 1 unspecified atom stereocenters. The quantitative estimate of drug-likeness (QED) is 0.598. The van der Waals surface area contributed by atoms with E-state index in [0.717, 1.165) is 17.9 Å². The summed E-state index contributed by atoms with van der Waals surface area (Å²) < 4.78 is 27.0. The molecule has 0 aromatic heterocycles. The van der Waals surface area contributed by atoms with Gasteiger partial charge in [-0.3, -0.25) is 0 Å². The molecule has 0 amide bonds. The smallest absolute Gasteiger partial charge is 0.242 e. The molecule has 0 spiro atoms. The van der Waals surface area contributed by atoms with Crippen LogP contribution >= 0.6 is 23.4 Å². The number of thioether (sulfide) groups is 1. The average Bonchev–Trinajstić information content (AvgIpc) is 2.27. The van der Waals surface area contributed by atoms with Gasteiger partial charge >= 0.3 is 0 Å². The molecule has 108 valence electrons. The molecule has 0 radical (unpaired) electrons. The number of benzene rings is 1. The van der Waals surface area contributed by atoms with Crippen LogP contribution in [0, 0.1) is 0 Å². The highest BCUT2D eigenvalue weighted by molar-refractivity contribution is 7.99. The highest BCUT2D eigenvalue weighted by atomic mass is 35.5. The zero-order valence-corrected chi connectivity index (χ0v) is 13.4. The number of halogens is 1. The van der Waals surface area contributed by atoms with Gasteiger partial charge in [-0.05, 0) is 43.0 Å². The number of rotatable bonds is 7. The lowest BCUT2D eigenvalue weighted by atomic mass is 10.3. The third kappa shape index (κ3) is 5.22. The first kappa shape index (κ1) is 16.6. The van der Waals surface area contributed by atoms with E-state index in [0.29, 0.717) is 5.69 Å². The molecule has 1 atom stereocenters. The van der Waals surface area contributed by atoms with Gasteiger partial charge in [0.1, 0.15) is 4.90 Å². The number of hydrogen-bond acceptors (Lipinski definition) is 4. The SMILES string of the molecule is CCSCCC(C)NS(=O)(=O)c1ccc(N)cc1Cl. The molecule has 1 aromatic rings. The average molecular weight is 323 g/mol. The summed E-state index contributed by atoms with van der Waals surface area (Å²) in [5, 5.41) is 0.141. The van der Waals surface area contributed by atoms with Crippen LogP contribution in [-0.2, 0) is 10.0 Å². The first-order chi connectivity index (χ1) is 8.86. The molecule has 0 aliphatic carbocycles. The number of anilines is 1. The summed E-state index contributed by atoms with van der Waals surface area (Å²) in [6.45, 7) is 3.92. The minimum absolute atomic E-state index is 0.0679. The monoisotopic (exact) mass is 322 g/mol. The van der Waals surface area contributed by atoms with Crippen molar-refractivity contribution in [3.8, 4) is 0 Å². The van der Waals surface area contributed by atoms with Gasteiger partial charge in [-0.2, -0.15) is 11.8 Å². The fraction of sp³-hybridized carbons (Fsp3) is 0.500. The largest absolute Gasteiger partial charge is 0.399 e. The Morgan fingerprint density at radius 2 is 2.16 bits per heavy atom. The summed E-state index contributed by atoms with van der Waals surface area (Å²) in [4.78, 5) is 0.0679. The highest BCUT2D eigenvalue weighted by Gasteiger charge is 2.20. The van der Waals surface area contributed by atoms with Gasteiger partial charge in [0.05, 0.1) is 5.02 Å². The van der Waals surface area contributed by atoms with Crippen molar-refractivity contribution in [2.45, 2.75) is 31.2 Å². The van der Waals surface area contributed by atoms with Crippen molar-refractivity contribution in [2.24, 2.45) is 0 Å². The maximum absolute atomic E-state index is 12.2. The lowest BCUT2D eigenvalue weighted by molar-refractivity contribution is 0.557. The molecule has 0 aliphatic heterocycles. The van der Waals surface area contributed by atoms with E-state index >= 15 is 0 Å². The van der Waals surface area contributed by atoms with E-state index in [1.165, 1.54) is 18.2 Å². The molecule has 0 fully saturated rings. The molecule has 1 rings (SSSR count).